The van der Waals surface area contributed by atoms with E-state index < -0.39 is 11.5 Å². The zero-order chi connectivity index (χ0) is 28.2. The smallest absolute Gasteiger partial charge is 0.336 e. The Bertz CT molecular complexity index is 1520. The molecule has 0 N–H and O–H groups in total. The Hall–Kier alpha value is -4.46. The Kier molecular flexibility index (Phi) is 7.96. The fraction of sp³-hybridized carbons (Fsp3) is 0.312. The lowest BCUT2D eigenvalue weighted by atomic mass is 9.85. The molecule has 1 saturated heterocycles. The second-order valence-electron chi connectivity index (χ2n) is 10.1. The molecule has 2 heterocycles. The van der Waals surface area contributed by atoms with Crippen LogP contribution in [0.2, 0.25) is 0 Å². The van der Waals surface area contributed by atoms with Crippen LogP contribution in [0.3, 0.4) is 0 Å². The average molecular weight is 542 g/mol. The predicted molar refractivity (Wildman–Crippen MR) is 158 cm³/mol. The van der Waals surface area contributed by atoms with Crippen molar-refractivity contribution in [2.24, 2.45) is 0 Å². The first-order valence-corrected chi connectivity index (χ1v) is 13.4. The van der Waals surface area contributed by atoms with E-state index in [9.17, 15) is 9.59 Å². The molecule has 0 saturated carbocycles. The molecule has 0 unspecified atom stereocenters. The molecular formula is C32H35N3O5. The van der Waals surface area contributed by atoms with E-state index in [0.29, 0.717) is 41.1 Å². The highest BCUT2D eigenvalue weighted by atomic mass is 16.5. The zero-order valence-corrected chi connectivity index (χ0v) is 23.4. The molecule has 40 heavy (non-hydrogen) atoms. The summed E-state index contributed by atoms with van der Waals surface area (Å²) in [7, 11) is 7.11. The third-order valence-corrected chi connectivity index (χ3v) is 7.60. The second kappa shape index (κ2) is 11.7. The lowest BCUT2D eigenvalue weighted by Crippen LogP contribution is -2.49. The van der Waals surface area contributed by atoms with E-state index >= 15 is 0 Å². The Morgan fingerprint density at radius 2 is 1.57 bits per heavy atom. The largest absolute Gasteiger partial charge is 0.496 e. The van der Waals surface area contributed by atoms with Crippen molar-refractivity contribution < 1.29 is 18.7 Å². The summed E-state index contributed by atoms with van der Waals surface area (Å²) in [5.74, 6) is 0.662. The van der Waals surface area contributed by atoms with Crippen LogP contribution >= 0.6 is 0 Å². The van der Waals surface area contributed by atoms with Crippen LogP contribution < -0.4 is 24.9 Å². The fourth-order valence-corrected chi connectivity index (χ4v) is 5.41. The maximum absolute atomic E-state index is 13.8. The van der Waals surface area contributed by atoms with Crippen LogP contribution in [0.15, 0.2) is 82.0 Å². The summed E-state index contributed by atoms with van der Waals surface area (Å²) >= 11 is 0. The first kappa shape index (κ1) is 27.1. The van der Waals surface area contributed by atoms with Gasteiger partial charge in [-0.25, -0.2) is 4.79 Å². The van der Waals surface area contributed by atoms with E-state index in [2.05, 4.69) is 17.0 Å². The van der Waals surface area contributed by atoms with Crippen LogP contribution in [0.5, 0.6) is 11.5 Å². The van der Waals surface area contributed by atoms with Gasteiger partial charge in [-0.05, 0) is 35.9 Å². The summed E-state index contributed by atoms with van der Waals surface area (Å²) in [6.07, 6.45) is 0.197. The van der Waals surface area contributed by atoms with Gasteiger partial charge in [0.05, 0.1) is 19.6 Å². The van der Waals surface area contributed by atoms with Gasteiger partial charge in [0.2, 0.25) is 5.91 Å². The molecule has 1 atom stereocenters. The number of methoxy groups -OCH3 is 2. The molecule has 5 rings (SSSR count). The van der Waals surface area contributed by atoms with Crippen LogP contribution in [0, 0.1) is 0 Å². The molecule has 8 nitrogen and oxygen atoms in total. The number of para-hydroxylation sites is 1. The van der Waals surface area contributed by atoms with E-state index in [4.69, 9.17) is 13.9 Å². The van der Waals surface area contributed by atoms with Gasteiger partial charge in [0.25, 0.3) is 0 Å². The van der Waals surface area contributed by atoms with Crippen molar-refractivity contribution in [3.63, 3.8) is 0 Å². The molecule has 1 aliphatic rings. The van der Waals surface area contributed by atoms with Crippen molar-refractivity contribution in [3.05, 3.63) is 94.3 Å². The highest BCUT2D eigenvalue weighted by Gasteiger charge is 2.30. The number of hydrogen-bond donors (Lipinski definition) is 0. The van der Waals surface area contributed by atoms with Gasteiger partial charge < -0.3 is 28.6 Å². The maximum Gasteiger partial charge on any atom is 0.336 e. The van der Waals surface area contributed by atoms with Crippen molar-refractivity contribution >= 4 is 28.3 Å². The molecule has 0 bridgehead atoms. The van der Waals surface area contributed by atoms with Crippen molar-refractivity contribution in [3.8, 4) is 11.5 Å². The number of nitrogens with zero attached hydrogens (tertiary/aromatic N) is 3. The summed E-state index contributed by atoms with van der Waals surface area (Å²) in [5.41, 5.74) is 3.69. The third kappa shape index (κ3) is 5.47. The van der Waals surface area contributed by atoms with Crippen LogP contribution in [-0.2, 0) is 4.79 Å². The molecule has 1 aliphatic heterocycles. The highest BCUT2D eigenvalue weighted by Crippen LogP contribution is 2.43. The lowest BCUT2D eigenvalue weighted by molar-refractivity contribution is -0.131. The van der Waals surface area contributed by atoms with Crippen molar-refractivity contribution in [1.82, 2.24) is 4.90 Å². The molecule has 4 aromatic rings. The van der Waals surface area contributed by atoms with Gasteiger partial charge in [-0.15, -0.1) is 0 Å². The zero-order valence-electron chi connectivity index (χ0n) is 23.4. The van der Waals surface area contributed by atoms with Crippen LogP contribution in [0.4, 0.5) is 11.4 Å². The Morgan fingerprint density at radius 3 is 2.20 bits per heavy atom. The quantitative estimate of drug-likeness (QED) is 0.298. The summed E-state index contributed by atoms with van der Waals surface area (Å²) in [4.78, 5) is 32.5. The molecule has 1 amide bonds. The van der Waals surface area contributed by atoms with Gasteiger partial charge >= 0.3 is 5.63 Å². The summed E-state index contributed by atoms with van der Waals surface area (Å²) < 4.78 is 17.2. The standard InChI is InChI=1S/C32H35N3O5/c1-33(2)23-12-10-22(11-13-23)26(20-29(36)35-18-16-34(17-19-35)24-8-6-5-7-9-24)31-28(39-4)21-27(38-3)25-14-15-30(37)40-32(25)31/h5-15,21,26H,16-20H2,1-4H3/t26-/m1/s1. The van der Waals surface area contributed by atoms with Crippen LogP contribution in [0.1, 0.15) is 23.5 Å². The molecule has 8 heteroatoms. The summed E-state index contributed by atoms with van der Waals surface area (Å²) in [5, 5.41) is 0.650. The molecule has 1 fully saturated rings. The lowest BCUT2D eigenvalue weighted by Gasteiger charge is -2.37. The number of anilines is 2. The molecule has 3 aromatic carbocycles. The summed E-state index contributed by atoms with van der Waals surface area (Å²) in [6, 6.07) is 23.2. The minimum atomic E-state index is -0.478. The molecular weight excluding hydrogens is 506 g/mol. The van der Waals surface area contributed by atoms with Gasteiger partial charge in [0.15, 0.2) is 0 Å². The van der Waals surface area contributed by atoms with E-state index in [-0.39, 0.29) is 12.3 Å². The number of hydrogen-bond acceptors (Lipinski definition) is 7. The Balaban J connectivity index is 1.52. The first-order chi connectivity index (χ1) is 19.4. The number of benzene rings is 3. The van der Waals surface area contributed by atoms with Crippen molar-refractivity contribution in [2.45, 2.75) is 12.3 Å². The third-order valence-electron chi connectivity index (χ3n) is 7.60. The second-order valence-corrected chi connectivity index (χ2v) is 10.1. The highest BCUT2D eigenvalue weighted by molar-refractivity contribution is 5.90. The average Bonchev–Trinajstić information content (AvgIpc) is 2.99. The SMILES string of the molecule is COc1cc(OC)c2ccc(=O)oc2c1[C@H](CC(=O)N1CCN(c2ccccc2)CC1)c1ccc(N(C)C)cc1. The number of piperazine rings is 1. The number of carbonyl (C=O) groups excluding carboxylic acids is 1. The number of carbonyl (C=O) groups is 1. The minimum absolute atomic E-state index is 0.0405. The number of fused-ring (bicyclic) bond motifs is 1. The van der Waals surface area contributed by atoms with E-state index in [1.165, 1.54) is 6.07 Å². The van der Waals surface area contributed by atoms with Gasteiger partial charge in [-0.3, -0.25) is 4.79 Å². The van der Waals surface area contributed by atoms with Gasteiger partial charge in [-0.2, -0.15) is 0 Å². The molecule has 208 valence electrons. The van der Waals surface area contributed by atoms with Gasteiger partial charge in [-0.1, -0.05) is 30.3 Å². The Morgan fingerprint density at radius 1 is 0.900 bits per heavy atom. The van der Waals surface area contributed by atoms with Gasteiger partial charge in [0.1, 0.15) is 17.1 Å². The minimum Gasteiger partial charge on any atom is -0.496 e. The molecule has 1 aromatic heterocycles. The van der Waals surface area contributed by atoms with Crippen molar-refractivity contribution in [2.75, 3.05) is 64.3 Å². The monoisotopic (exact) mass is 541 g/mol. The van der Waals surface area contributed by atoms with E-state index in [1.807, 2.05) is 66.4 Å². The van der Waals surface area contributed by atoms with E-state index in [1.54, 1.807) is 26.4 Å². The molecule has 0 spiro atoms. The van der Waals surface area contributed by atoms with E-state index in [0.717, 1.165) is 30.0 Å². The topological polar surface area (TPSA) is 75.5 Å². The fourth-order valence-electron chi connectivity index (χ4n) is 5.41. The first-order valence-electron chi connectivity index (χ1n) is 13.4. The number of amides is 1. The predicted octanol–water partition coefficient (Wildman–Crippen LogP) is 4.75. The summed E-state index contributed by atoms with van der Waals surface area (Å²) in [6.45, 7) is 2.80. The maximum atomic E-state index is 13.8. The normalized spacial score (nSPS) is 14.2. The number of ether oxygens (including phenoxy) is 2. The van der Waals surface area contributed by atoms with Gasteiger partial charge in [0, 0.05) is 81.7 Å². The molecule has 0 radical (unpaired) electrons. The van der Waals surface area contributed by atoms with Crippen LogP contribution in [-0.4, -0.2) is 65.3 Å². The van der Waals surface area contributed by atoms with Crippen LogP contribution in [0.25, 0.3) is 11.0 Å². The van der Waals surface area contributed by atoms with Crippen molar-refractivity contribution in [1.29, 1.82) is 0 Å². The Labute approximate surface area is 234 Å². The molecule has 0 aliphatic carbocycles. The number of rotatable bonds is 8.